The Hall–Kier alpha value is -1.27. The Morgan fingerprint density at radius 2 is 2.26 bits per heavy atom. The third-order valence-electron chi connectivity index (χ3n) is 3.23. The number of benzene rings is 1. The summed E-state index contributed by atoms with van der Waals surface area (Å²) in [6, 6.07) is 9.64. The highest BCUT2D eigenvalue weighted by molar-refractivity contribution is 5.58. The molecule has 1 unspecified atom stereocenters. The minimum Gasteiger partial charge on any atom is -0.396 e. The highest BCUT2D eigenvalue weighted by Crippen LogP contribution is 2.29. The third-order valence-corrected chi connectivity index (χ3v) is 3.23. The van der Waals surface area contributed by atoms with Gasteiger partial charge in [-0.1, -0.05) is 30.3 Å². The molecule has 1 aliphatic heterocycles. The Bertz CT molecular complexity index is 413. The quantitative estimate of drug-likeness (QED) is 0.739. The highest BCUT2D eigenvalue weighted by atomic mass is 16.7. The number of ether oxygens (including phenoxy) is 3. The molecule has 0 aliphatic carbocycles. The Morgan fingerprint density at radius 1 is 1.47 bits per heavy atom. The van der Waals surface area contributed by atoms with Crippen LogP contribution in [0.4, 0.5) is 0 Å². The summed E-state index contributed by atoms with van der Waals surface area (Å²) in [6.45, 7) is 0.451. The van der Waals surface area contributed by atoms with Gasteiger partial charge in [0.15, 0.2) is 12.6 Å². The van der Waals surface area contributed by atoms with E-state index in [2.05, 4.69) is 5.11 Å². The maximum Gasteiger partial charge on any atom is 0.210 e. The van der Waals surface area contributed by atoms with Crippen molar-refractivity contribution in [3.05, 3.63) is 35.9 Å². The topological polar surface area (TPSA) is 65.0 Å². The largest absolute Gasteiger partial charge is 0.396 e. The molecule has 4 atom stereocenters. The Labute approximate surface area is 113 Å². The molecule has 0 saturated carbocycles. The molecule has 1 fully saturated rings. The van der Waals surface area contributed by atoms with E-state index < -0.39 is 18.5 Å². The van der Waals surface area contributed by atoms with Crippen molar-refractivity contribution in [3.63, 3.8) is 0 Å². The number of aldehydes is 1. The Kier molecular flexibility index (Phi) is 4.54. The fourth-order valence-electron chi connectivity index (χ4n) is 2.23. The lowest BCUT2D eigenvalue weighted by molar-refractivity contribution is -0.146. The molecule has 19 heavy (non-hydrogen) atoms. The summed E-state index contributed by atoms with van der Waals surface area (Å²) in [5.74, 6) is -0.309. The first-order valence-corrected chi connectivity index (χ1v) is 6.17. The third kappa shape index (κ3) is 3.19. The summed E-state index contributed by atoms with van der Waals surface area (Å²) in [6.07, 6.45) is -1.09. The number of hydrogen-bond acceptors (Lipinski definition) is 5. The van der Waals surface area contributed by atoms with Gasteiger partial charge in [0.25, 0.3) is 0 Å². The average molecular weight is 267 g/mol. The zero-order chi connectivity index (χ0) is 14.4. The van der Waals surface area contributed by atoms with Crippen LogP contribution in [0.3, 0.4) is 0 Å². The fourth-order valence-corrected chi connectivity index (χ4v) is 2.23. The number of rotatable bonds is 7. The van der Waals surface area contributed by atoms with Crippen LogP contribution in [0.5, 0.6) is 0 Å². The van der Waals surface area contributed by atoms with E-state index in [1.165, 1.54) is 7.11 Å². The van der Waals surface area contributed by atoms with E-state index in [-0.39, 0.29) is 12.5 Å². The number of aliphatic hydroxyl groups excluding tert-OH is 1. The van der Waals surface area contributed by atoms with Gasteiger partial charge in [0.05, 0.1) is 19.1 Å². The highest BCUT2D eigenvalue weighted by Gasteiger charge is 2.45. The molecule has 1 aliphatic rings. The van der Waals surface area contributed by atoms with Crippen LogP contribution in [0.2, 0.25) is 0 Å². The second-order valence-electron chi connectivity index (χ2n) is 4.43. The number of aliphatic hydroxyl groups is 1. The number of hydrogen-bond donors (Lipinski definition) is 1. The van der Waals surface area contributed by atoms with Crippen LogP contribution in [-0.4, -0.2) is 45.0 Å². The van der Waals surface area contributed by atoms with Gasteiger partial charge in [0.2, 0.25) is 1.43 Å². The molecule has 0 spiro atoms. The van der Waals surface area contributed by atoms with Crippen molar-refractivity contribution >= 4 is 6.29 Å². The Morgan fingerprint density at radius 3 is 2.89 bits per heavy atom. The van der Waals surface area contributed by atoms with Crippen molar-refractivity contribution in [2.45, 2.75) is 25.1 Å². The zero-order valence-corrected chi connectivity index (χ0v) is 10.7. The first kappa shape index (κ1) is 12.7. The lowest BCUT2D eigenvalue weighted by Gasteiger charge is -2.20. The summed E-state index contributed by atoms with van der Waals surface area (Å²) in [4.78, 5) is 11.1. The van der Waals surface area contributed by atoms with E-state index in [1.807, 2.05) is 30.3 Å². The second kappa shape index (κ2) is 6.77. The van der Waals surface area contributed by atoms with E-state index in [9.17, 15) is 4.79 Å². The number of methoxy groups -OCH3 is 1. The van der Waals surface area contributed by atoms with Gasteiger partial charge in [0, 0.05) is 7.11 Å². The van der Waals surface area contributed by atoms with Crippen LogP contribution < -0.4 is 0 Å². The minimum absolute atomic E-state index is 0.0856. The molecule has 1 heterocycles. The number of carbonyl (C=O) groups is 1. The molecule has 2 rings (SSSR count). The molecule has 0 aromatic heterocycles. The van der Waals surface area contributed by atoms with E-state index in [0.29, 0.717) is 12.9 Å². The van der Waals surface area contributed by atoms with Crippen LogP contribution in [-0.2, 0) is 25.6 Å². The van der Waals surface area contributed by atoms with Crippen molar-refractivity contribution in [1.29, 1.82) is 1.43 Å². The van der Waals surface area contributed by atoms with Crippen molar-refractivity contribution < 1.29 is 24.1 Å². The molecule has 5 heteroatoms. The maximum absolute atomic E-state index is 11.1. The van der Waals surface area contributed by atoms with Crippen LogP contribution in [0.15, 0.2) is 30.3 Å². The van der Waals surface area contributed by atoms with Gasteiger partial charge in [0.1, 0.15) is 12.2 Å². The molecule has 1 N–H and O–H groups in total. The van der Waals surface area contributed by atoms with Crippen LogP contribution in [0, 0.1) is 5.92 Å². The predicted molar refractivity (Wildman–Crippen MR) is 67.3 cm³/mol. The van der Waals surface area contributed by atoms with Gasteiger partial charge < -0.3 is 24.1 Å². The smallest absolute Gasteiger partial charge is 0.210 e. The van der Waals surface area contributed by atoms with E-state index in [0.717, 1.165) is 5.56 Å². The van der Waals surface area contributed by atoms with Crippen LogP contribution >= 0.6 is 0 Å². The molecule has 1 aromatic carbocycles. The van der Waals surface area contributed by atoms with Crippen LogP contribution in [0.25, 0.3) is 0 Å². The molecule has 0 bridgehead atoms. The maximum atomic E-state index is 11.1. The van der Waals surface area contributed by atoms with Crippen molar-refractivity contribution in [3.8, 4) is 0 Å². The monoisotopic (exact) mass is 267 g/mol. The van der Waals surface area contributed by atoms with Crippen molar-refractivity contribution in [2.75, 3.05) is 13.7 Å². The number of carbonyl (C=O) groups excluding carboxylic acids is 1. The fraction of sp³-hybridized carbons (Fsp3) is 0.500. The molecule has 1 saturated heterocycles. The molecule has 5 nitrogen and oxygen atoms in total. The van der Waals surface area contributed by atoms with Gasteiger partial charge in [-0.3, -0.25) is 0 Å². The van der Waals surface area contributed by atoms with Crippen molar-refractivity contribution in [2.24, 2.45) is 5.92 Å². The predicted octanol–water partition coefficient (Wildman–Crippen LogP) is 0.750. The molecule has 0 amide bonds. The zero-order valence-electron chi connectivity index (χ0n) is 11.7. The summed E-state index contributed by atoms with van der Waals surface area (Å²) >= 11 is 0. The Balaban J connectivity index is 2.03. The van der Waals surface area contributed by atoms with E-state index in [4.69, 9.17) is 15.6 Å². The second-order valence-corrected chi connectivity index (χ2v) is 4.43. The lowest BCUT2D eigenvalue weighted by Crippen LogP contribution is -2.34. The SMILES string of the molecule is [2H]OCC1[C@H](OC)O[C@H](C=O)[C@@H]1OCc1ccccc1. The van der Waals surface area contributed by atoms with Gasteiger partial charge in [-0.2, -0.15) is 0 Å². The summed E-state index contributed by atoms with van der Waals surface area (Å²) < 4.78 is 23.3. The minimum atomic E-state index is -0.705. The first-order valence-electron chi connectivity index (χ1n) is 6.58. The van der Waals surface area contributed by atoms with Gasteiger partial charge in [-0.25, -0.2) is 0 Å². The molecular weight excluding hydrogens is 248 g/mol. The van der Waals surface area contributed by atoms with E-state index >= 15 is 0 Å². The van der Waals surface area contributed by atoms with Gasteiger partial charge in [-0.05, 0) is 5.56 Å². The molecule has 1 aromatic rings. The summed E-state index contributed by atoms with van der Waals surface area (Å²) in [5.41, 5.74) is 1.00. The van der Waals surface area contributed by atoms with Crippen LogP contribution in [0.1, 0.15) is 5.56 Å². The lowest BCUT2D eigenvalue weighted by atomic mass is 10.0. The van der Waals surface area contributed by atoms with Crippen molar-refractivity contribution in [1.82, 2.24) is 0 Å². The standard InChI is InChI=1S/C14H18O5/c1-17-14-11(7-15)13(12(8-16)19-14)18-9-10-5-3-2-4-6-10/h2-6,8,11-15H,7,9H2,1H3/t11?,12-,13-,14-/m1/s1/i15D. The first-order chi connectivity index (χ1) is 9.80. The van der Waals surface area contributed by atoms with E-state index in [1.54, 1.807) is 0 Å². The van der Waals surface area contributed by atoms with Gasteiger partial charge >= 0.3 is 0 Å². The van der Waals surface area contributed by atoms with Gasteiger partial charge in [-0.15, -0.1) is 0 Å². The normalized spacial score (nSPS) is 31.1. The molecular formula is C14H18O5. The average Bonchev–Trinajstić information content (AvgIpc) is 2.84. The molecule has 0 radical (unpaired) electrons. The summed E-state index contributed by atoms with van der Waals surface area (Å²) in [7, 11) is 1.49. The summed E-state index contributed by atoms with van der Waals surface area (Å²) in [5, 5.41) is 4.43. The molecule has 104 valence electrons.